The molecule has 1 fully saturated rings. The minimum atomic E-state index is -0.00312. The fraction of sp³-hybridized carbons (Fsp3) is 0.625. The van der Waals surface area contributed by atoms with Crippen LogP contribution >= 0.6 is 0 Å². The van der Waals surface area contributed by atoms with Gasteiger partial charge >= 0.3 is 0 Å². The first-order valence-corrected chi connectivity index (χ1v) is 7.81. The monoisotopic (exact) mass is 307 g/mol. The molecule has 0 atom stereocenters. The van der Waals surface area contributed by atoms with Crippen LogP contribution in [0.3, 0.4) is 0 Å². The van der Waals surface area contributed by atoms with Gasteiger partial charge in [-0.05, 0) is 39.9 Å². The molecule has 1 aromatic heterocycles. The maximum Gasteiger partial charge on any atom is 0.257 e. The number of hydrogen-bond donors (Lipinski definition) is 1. The molecule has 2 amide bonds. The second-order valence-electron chi connectivity index (χ2n) is 5.71. The molecular weight excluding hydrogens is 282 g/mol. The number of hydrogen-bond acceptors (Lipinski definition) is 4. The number of carbonyl (C=O) groups excluding carboxylic acids is 2. The molecule has 1 aliphatic rings. The average molecular weight is 307 g/mol. The van der Waals surface area contributed by atoms with E-state index < -0.39 is 0 Å². The molecule has 0 spiro atoms. The summed E-state index contributed by atoms with van der Waals surface area (Å²) in [6.07, 6.45) is 1.41. The molecule has 0 aliphatic carbocycles. The largest absolute Gasteiger partial charge is 0.466 e. The normalized spacial score (nSPS) is 15.2. The third-order valence-electron chi connectivity index (χ3n) is 4.01. The van der Waals surface area contributed by atoms with Gasteiger partial charge in [0.1, 0.15) is 11.5 Å². The first kappa shape index (κ1) is 16.5. The van der Waals surface area contributed by atoms with Crippen molar-refractivity contribution < 1.29 is 14.0 Å². The van der Waals surface area contributed by atoms with Crippen molar-refractivity contribution in [3.8, 4) is 0 Å². The summed E-state index contributed by atoms with van der Waals surface area (Å²) in [5.74, 6) is 1.58. The van der Waals surface area contributed by atoms with Crippen molar-refractivity contribution in [2.45, 2.75) is 26.7 Å². The summed E-state index contributed by atoms with van der Waals surface area (Å²) < 4.78 is 5.42. The fourth-order valence-electron chi connectivity index (χ4n) is 2.75. The lowest BCUT2D eigenvalue weighted by Crippen LogP contribution is -2.50. The Morgan fingerprint density at radius 3 is 2.36 bits per heavy atom. The van der Waals surface area contributed by atoms with Crippen molar-refractivity contribution in [3.63, 3.8) is 0 Å². The topological polar surface area (TPSA) is 65.8 Å². The number of amides is 2. The quantitative estimate of drug-likeness (QED) is 0.830. The molecular formula is C16H25N3O3. The van der Waals surface area contributed by atoms with Gasteiger partial charge in [-0.25, -0.2) is 0 Å². The summed E-state index contributed by atoms with van der Waals surface area (Å²) in [5, 5.41) is 3.04. The van der Waals surface area contributed by atoms with Gasteiger partial charge in [0.25, 0.3) is 5.91 Å². The molecule has 1 N–H and O–H groups in total. The molecule has 1 aromatic rings. The number of aryl methyl sites for hydroxylation is 2. The molecule has 0 aromatic carbocycles. The van der Waals surface area contributed by atoms with E-state index in [1.807, 2.05) is 25.8 Å². The average Bonchev–Trinajstić information content (AvgIpc) is 2.85. The van der Waals surface area contributed by atoms with Crippen LogP contribution in [0.4, 0.5) is 0 Å². The molecule has 1 aliphatic heterocycles. The Hall–Kier alpha value is -1.82. The summed E-state index contributed by atoms with van der Waals surface area (Å²) in [6.45, 7) is 6.89. The van der Waals surface area contributed by atoms with Crippen molar-refractivity contribution >= 4 is 11.8 Å². The standard InChI is InChI=1S/C16H25N3O3/c1-12-11-14(13(2)22-12)16(21)19-9-7-18(8-10-19)15(20)5-4-6-17-3/h11,17H,4-10H2,1-3H3. The molecule has 22 heavy (non-hydrogen) atoms. The van der Waals surface area contributed by atoms with Gasteiger partial charge in [0.2, 0.25) is 5.91 Å². The Balaban J connectivity index is 1.85. The second kappa shape index (κ2) is 7.45. The smallest absolute Gasteiger partial charge is 0.257 e. The third kappa shape index (κ3) is 3.88. The van der Waals surface area contributed by atoms with Gasteiger partial charge in [-0.15, -0.1) is 0 Å². The molecule has 1 saturated heterocycles. The van der Waals surface area contributed by atoms with Gasteiger partial charge in [-0.1, -0.05) is 0 Å². The van der Waals surface area contributed by atoms with Gasteiger partial charge in [0.05, 0.1) is 5.56 Å². The summed E-state index contributed by atoms with van der Waals surface area (Å²) in [7, 11) is 1.88. The van der Waals surface area contributed by atoms with E-state index in [4.69, 9.17) is 4.42 Å². The Morgan fingerprint density at radius 1 is 1.18 bits per heavy atom. The van der Waals surface area contributed by atoms with E-state index in [0.717, 1.165) is 18.7 Å². The van der Waals surface area contributed by atoms with Gasteiger partial charge < -0.3 is 19.5 Å². The summed E-state index contributed by atoms with van der Waals surface area (Å²) in [5.41, 5.74) is 0.631. The first-order valence-electron chi connectivity index (χ1n) is 7.81. The molecule has 122 valence electrons. The fourth-order valence-corrected chi connectivity index (χ4v) is 2.75. The van der Waals surface area contributed by atoms with Gasteiger partial charge in [-0.3, -0.25) is 9.59 Å². The molecule has 2 heterocycles. The molecule has 2 rings (SSSR count). The number of piperazine rings is 1. The predicted molar refractivity (Wildman–Crippen MR) is 83.8 cm³/mol. The van der Waals surface area contributed by atoms with Crippen LogP contribution in [-0.2, 0) is 4.79 Å². The zero-order chi connectivity index (χ0) is 16.1. The second-order valence-corrected chi connectivity index (χ2v) is 5.71. The van der Waals surface area contributed by atoms with E-state index in [-0.39, 0.29) is 11.8 Å². The highest BCUT2D eigenvalue weighted by molar-refractivity contribution is 5.95. The number of furan rings is 1. The van der Waals surface area contributed by atoms with Crippen LogP contribution in [0.25, 0.3) is 0 Å². The minimum absolute atomic E-state index is 0.00312. The maximum absolute atomic E-state index is 12.5. The van der Waals surface area contributed by atoms with Crippen molar-refractivity contribution in [1.29, 1.82) is 0 Å². The van der Waals surface area contributed by atoms with E-state index in [1.165, 1.54) is 0 Å². The van der Waals surface area contributed by atoms with Crippen molar-refractivity contribution in [2.75, 3.05) is 39.8 Å². The van der Waals surface area contributed by atoms with Crippen LogP contribution in [0.15, 0.2) is 10.5 Å². The number of carbonyl (C=O) groups is 2. The molecule has 0 bridgehead atoms. The van der Waals surface area contributed by atoms with Gasteiger partial charge in [0, 0.05) is 32.6 Å². The highest BCUT2D eigenvalue weighted by Gasteiger charge is 2.26. The number of rotatable bonds is 5. The zero-order valence-corrected chi connectivity index (χ0v) is 13.6. The lowest BCUT2D eigenvalue weighted by atomic mass is 10.2. The predicted octanol–water partition coefficient (Wildman–Crippen LogP) is 1.18. The van der Waals surface area contributed by atoms with Crippen LogP contribution in [0.5, 0.6) is 0 Å². The lowest BCUT2D eigenvalue weighted by molar-refractivity contribution is -0.132. The highest BCUT2D eigenvalue weighted by atomic mass is 16.3. The van der Waals surface area contributed by atoms with Crippen molar-refractivity contribution in [2.24, 2.45) is 0 Å². The van der Waals surface area contributed by atoms with Crippen molar-refractivity contribution in [1.82, 2.24) is 15.1 Å². The Kier molecular flexibility index (Phi) is 5.60. The van der Waals surface area contributed by atoms with Crippen LogP contribution in [-0.4, -0.2) is 61.4 Å². The van der Waals surface area contributed by atoms with E-state index >= 15 is 0 Å². The Morgan fingerprint density at radius 2 is 1.82 bits per heavy atom. The van der Waals surface area contributed by atoms with Crippen LogP contribution < -0.4 is 5.32 Å². The van der Waals surface area contributed by atoms with Crippen LogP contribution in [0, 0.1) is 13.8 Å². The van der Waals surface area contributed by atoms with Gasteiger partial charge in [-0.2, -0.15) is 0 Å². The first-order chi connectivity index (χ1) is 10.5. The molecule has 0 saturated carbocycles. The maximum atomic E-state index is 12.5. The van der Waals surface area contributed by atoms with Crippen LogP contribution in [0.1, 0.15) is 34.7 Å². The van der Waals surface area contributed by atoms with Crippen LogP contribution in [0.2, 0.25) is 0 Å². The molecule has 0 unspecified atom stereocenters. The van der Waals surface area contributed by atoms with E-state index in [9.17, 15) is 9.59 Å². The number of nitrogens with one attached hydrogen (secondary N) is 1. The SMILES string of the molecule is CNCCCC(=O)N1CCN(C(=O)c2cc(C)oc2C)CC1. The third-order valence-corrected chi connectivity index (χ3v) is 4.01. The van der Waals surface area contributed by atoms with E-state index in [0.29, 0.717) is 43.9 Å². The van der Waals surface area contributed by atoms with E-state index in [2.05, 4.69) is 5.32 Å². The Labute approximate surface area is 131 Å². The number of nitrogens with zero attached hydrogens (tertiary/aromatic N) is 2. The van der Waals surface area contributed by atoms with E-state index in [1.54, 1.807) is 11.0 Å². The minimum Gasteiger partial charge on any atom is -0.466 e. The van der Waals surface area contributed by atoms with Gasteiger partial charge in [0.15, 0.2) is 0 Å². The summed E-state index contributed by atoms with van der Waals surface area (Å²) >= 11 is 0. The molecule has 6 nitrogen and oxygen atoms in total. The van der Waals surface area contributed by atoms with Crippen molar-refractivity contribution in [3.05, 3.63) is 23.2 Å². The summed E-state index contributed by atoms with van der Waals surface area (Å²) in [6, 6.07) is 1.78. The highest BCUT2D eigenvalue weighted by Crippen LogP contribution is 2.17. The lowest BCUT2D eigenvalue weighted by Gasteiger charge is -2.34. The Bertz CT molecular complexity index is 531. The molecule has 0 radical (unpaired) electrons. The summed E-state index contributed by atoms with van der Waals surface area (Å²) in [4.78, 5) is 28.2. The zero-order valence-electron chi connectivity index (χ0n) is 13.6. The molecule has 6 heteroatoms.